The Labute approximate surface area is 199 Å². The predicted octanol–water partition coefficient (Wildman–Crippen LogP) is 9.05. The van der Waals surface area contributed by atoms with Crippen LogP contribution in [0.5, 0.6) is 0 Å². The van der Waals surface area contributed by atoms with Crippen LogP contribution in [0.1, 0.15) is 0 Å². The van der Waals surface area contributed by atoms with Crippen LogP contribution in [0, 0.1) is 0 Å². The highest BCUT2D eigenvalue weighted by Crippen LogP contribution is 2.35. The Morgan fingerprint density at radius 3 is 1.70 bits per heavy atom. The SMILES string of the molecule is Brc1cccc(-c2ccc(-c3ccc4c(c3)[nH]c3cc5c(cc34)[nH]c3ccccc35)cc2)c1. The van der Waals surface area contributed by atoms with Gasteiger partial charge in [-0.3, -0.25) is 0 Å². The Hall–Kier alpha value is -3.82. The zero-order chi connectivity index (χ0) is 21.9. The van der Waals surface area contributed by atoms with Gasteiger partial charge in [0.05, 0.1) is 0 Å². The number of fused-ring (bicyclic) bond motifs is 6. The summed E-state index contributed by atoms with van der Waals surface area (Å²) >= 11 is 3.57. The van der Waals surface area contributed by atoms with Crippen LogP contribution >= 0.6 is 15.9 Å². The zero-order valence-corrected chi connectivity index (χ0v) is 19.3. The highest BCUT2D eigenvalue weighted by molar-refractivity contribution is 9.10. The molecule has 0 unspecified atom stereocenters. The summed E-state index contributed by atoms with van der Waals surface area (Å²) in [5.74, 6) is 0. The van der Waals surface area contributed by atoms with Crippen LogP contribution in [0.3, 0.4) is 0 Å². The second kappa shape index (κ2) is 7.09. The van der Waals surface area contributed by atoms with Gasteiger partial charge in [0.25, 0.3) is 0 Å². The number of aromatic nitrogens is 2. The van der Waals surface area contributed by atoms with Gasteiger partial charge < -0.3 is 9.97 Å². The van der Waals surface area contributed by atoms with Crippen molar-refractivity contribution < 1.29 is 0 Å². The van der Waals surface area contributed by atoms with Crippen molar-refractivity contribution in [1.82, 2.24) is 9.97 Å². The van der Waals surface area contributed by atoms with Gasteiger partial charge in [0.15, 0.2) is 0 Å². The molecule has 156 valence electrons. The fraction of sp³-hybridized carbons (Fsp3) is 0. The summed E-state index contributed by atoms with van der Waals surface area (Å²) < 4.78 is 1.10. The molecule has 33 heavy (non-hydrogen) atoms. The quantitative estimate of drug-likeness (QED) is 0.244. The first kappa shape index (κ1) is 18.7. The monoisotopic (exact) mass is 486 g/mol. The van der Waals surface area contributed by atoms with Crippen molar-refractivity contribution in [3.05, 3.63) is 108 Å². The normalized spacial score (nSPS) is 11.8. The number of hydrogen-bond acceptors (Lipinski definition) is 0. The molecule has 0 saturated carbocycles. The molecule has 5 aromatic carbocycles. The molecule has 0 radical (unpaired) electrons. The summed E-state index contributed by atoms with van der Waals surface area (Å²) in [5, 5.41) is 5.02. The lowest BCUT2D eigenvalue weighted by atomic mass is 9.99. The van der Waals surface area contributed by atoms with E-state index in [1.165, 1.54) is 60.3 Å². The van der Waals surface area contributed by atoms with Crippen LogP contribution in [0.25, 0.3) is 65.9 Å². The van der Waals surface area contributed by atoms with E-state index in [9.17, 15) is 0 Å². The fourth-order valence-corrected chi connectivity index (χ4v) is 5.35. The lowest BCUT2D eigenvalue weighted by molar-refractivity contribution is 1.54. The van der Waals surface area contributed by atoms with Crippen molar-refractivity contribution in [2.24, 2.45) is 0 Å². The third-order valence-electron chi connectivity index (χ3n) is 6.60. The topological polar surface area (TPSA) is 31.6 Å². The van der Waals surface area contributed by atoms with Crippen molar-refractivity contribution in [2.75, 3.05) is 0 Å². The molecule has 0 bridgehead atoms. The van der Waals surface area contributed by atoms with Gasteiger partial charge in [-0.05, 0) is 58.7 Å². The van der Waals surface area contributed by atoms with Gasteiger partial charge in [-0.15, -0.1) is 0 Å². The number of nitrogens with one attached hydrogen (secondary N) is 2. The van der Waals surface area contributed by atoms with Crippen LogP contribution in [0.2, 0.25) is 0 Å². The minimum absolute atomic E-state index is 1.10. The third kappa shape index (κ3) is 3.00. The zero-order valence-electron chi connectivity index (χ0n) is 17.7. The summed E-state index contributed by atoms with van der Waals surface area (Å²) in [6.45, 7) is 0. The highest BCUT2D eigenvalue weighted by atomic mass is 79.9. The molecule has 0 fully saturated rings. The van der Waals surface area contributed by atoms with E-state index in [-0.39, 0.29) is 0 Å². The van der Waals surface area contributed by atoms with Crippen molar-refractivity contribution >= 4 is 59.5 Å². The molecule has 3 heteroatoms. The Bertz CT molecular complexity index is 1820. The van der Waals surface area contributed by atoms with Crippen molar-refractivity contribution in [3.63, 3.8) is 0 Å². The largest absolute Gasteiger partial charge is 0.354 e. The first-order chi connectivity index (χ1) is 16.2. The molecule has 2 heterocycles. The van der Waals surface area contributed by atoms with Gasteiger partial charge in [0, 0.05) is 48.1 Å². The molecule has 0 saturated heterocycles. The molecule has 2 aromatic heterocycles. The first-order valence-corrected chi connectivity index (χ1v) is 11.8. The molecule has 0 aliphatic heterocycles. The maximum Gasteiger partial charge on any atom is 0.0472 e. The van der Waals surface area contributed by atoms with E-state index in [0.717, 1.165) is 9.99 Å². The van der Waals surface area contributed by atoms with Gasteiger partial charge in [-0.1, -0.05) is 82.7 Å². The minimum atomic E-state index is 1.10. The lowest BCUT2D eigenvalue weighted by Crippen LogP contribution is -1.81. The molecule has 2 nitrogen and oxygen atoms in total. The van der Waals surface area contributed by atoms with Crippen molar-refractivity contribution in [1.29, 1.82) is 0 Å². The number of benzene rings is 5. The summed E-state index contributed by atoms with van der Waals surface area (Å²) in [6.07, 6.45) is 0. The van der Waals surface area contributed by atoms with Crippen LogP contribution in [0.4, 0.5) is 0 Å². The van der Waals surface area contributed by atoms with Gasteiger partial charge in [-0.2, -0.15) is 0 Å². The average Bonchev–Trinajstić information content (AvgIpc) is 3.39. The first-order valence-electron chi connectivity index (χ1n) is 11.1. The van der Waals surface area contributed by atoms with Gasteiger partial charge in [0.1, 0.15) is 0 Å². The van der Waals surface area contributed by atoms with E-state index in [1.807, 2.05) is 0 Å². The number of rotatable bonds is 2. The van der Waals surface area contributed by atoms with E-state index in [4.69, 9.17) is 0 Å². The lowest BCUT2D eigenvalue weighted by Gasteiger charge is -2.06. The van der Waals surface area contributed by atoms with E-state index in [1.54, 1.807) is 0 Å². The minimum Gasteiger partial charge on any atom is -0.354 e. The van der Waals surface area contributed by atoms with Gasteiger partial charge in [-0.25, -0.2) is 0 Å². The van der Waals surface area contributed by atoms with Crippen LogP contribution in [0.15, 0.2) is 108 Å². The summed E-state index contributed by atoms with van der Waals surface area (Å²) in [7, 11) is 0. The Morgan fingerprint density at radius 1 is 0.394 bits per heavy atom. The second-order valence-electron chi connectivity index (χ2n) is 8.59. The maximum atomic E-state index is 3.66. The summed E-state index contributed by atoms with van der Waals surface area (Å²) in [4.78, 5) is 7.23. The van der Waals surface area contributed by atoms with Crippen molar-refractivity contribution in [2.45, 2.75) is 0 Å². The van der Waals surface area contributed by atoms with Crippen LogP contribution < -0.4 is 0 Å². The Morgan fingerprint density at radius 2 is 0.970 bits per heavy atom. The van der Waals surface area contributed by atoms with Gasteiger partial charge >= 0.3 is 0 Å². The smallest absolute Gasteiger partial charge is 0.0472 e. The molecular formula is C30H19BrN2. The number of H-pyrrole nitrogens is 2. The number of hydrogen-bond donors (Lipinski definition) is 2. The van der Waals surface area contributed by atoms with E-state index in [2.05, 4.69) is 129 Å². The number of aromatic amines is 2. The number of halogens is 1. The molecule has 0 spiro atoms. The molecule has 7 rings (SSSR count). The van der Waals surface area contributed by atoms with E-state index >= 15 is 0 Å². The standard InChI is InChI=1S/C30H19BrN2/c31-22-5-3-4-20(14-22)18-8-10-19(11-9-18)21-12-13-24-26-17-29-25(16-30(26)33-28(24)15-21)23-6-1-2-7-27(23)32-29/h1-17,32-33H. The molecule has 0 aliphatic carbocycles. The molecule has 0 amide bonds. The molecule has 0 atom stereocenters. The maximum absolute atomic E-state index is 3.66. The fourth-order valence-electron chi connectivity index (χ4n) is 4.95. The van der Waals surface area contributed by atoms with Crippen molar-refractivity contribution in [3.8, 4) is 22.3 Å². The Balaban J connectivity index is 1.33. The highest BCUT2D eigenvalue weighted by Gasteiger charge is 2.11. The predicted molar refractivity (Wildman–Crippen MR) is 144 cm³/mol. The van der Waals surface area contributed by atoms with E-state index in [0.29, 0.717) is 0 Å². The third-order valence-corrected chi connectivity index (χ3v) is 7.09. The van der Waals surface area contributed by atoms with Gasteiger partial charge in [0.2, 0.25) is 0 Å². The summed E-state index contributed by atoms with van der Waals surface area (Å²) in [6, 6.07) is 37.0. The van der Waals surface area contributed by atoms with E-state index < -0.39 is 0 Å². The van der Waals surface area contributed by atoms with Crippen LogP contribution in [-0.2, 0) is 0 Å². The number of para-hydroxylation sites is 1. The molecule has 7 aromatic rings. The van der Waals surface area contributed by atoms with Crippen LogP contribution in [-0.4, -0.2) is 9.97 Å². The summed E-state index contributed by atoms with van der Waals surface area (Å²) in [5.41, 5.74) is 9.55. The molecule has 0 aliphatic rings. The molecular weight excluding hydrogens is 468 g/mol. The average molecular weight is 487 g/mol. The second-order valence-corrected chi connectivity index (χ2v) is 9.50. The Kier molecular flexibility index (Phi) is 4.02. The molecule has 2 N–H and O–H groups in total.